The van der Waals surface area contributed by atoms with Gasteiger partial charge in [0, 0.05) is 19.3 Å². The third kappa shape index (κ3) is 52.7. The van der Waals surface area contributed by atoms with Gasteiger partial charge in [0.15, 0.2) is 6.10 Å². The molecule has 65 heavy (non-hydrogen) atoms. The number of carbonyl (C=O) groups excluding carboxylic acids is 3. The lowest BCUT2D eigenvalue weighted by molar-refractivity contribution is -0.167. The van der Waals surface area contributed by atoms with E-state index in [4.69, 9.17) is 14.2 Å². The van der Waals surface area contributed by atoms with E-state index in [1.165, 1.54) is 212 Å². The van der Waals surface area contributed by atoms with Crippen LogP contribution in [0.3, 0.4) is 0 Å². The summed E-state index contributed by atoms with van der Waals surface area (Å²) in [4.78, 5) is 38.1. The number of rotatable bonds is 53. The summed E-state index contributed by atoms with van der Waals surface area (Å²) in [6, 6.07) is 0. The van der Waals surface area contributed by atoms with Gasteiger partial charge in [-0.2, -0.15) is 0 Å². The van der Waals surface area contributed by atoms with Gasteiger partial charge in [0.2, 0.25) is 0 Å². The second-order valence-electron chi connectivity index (χ2n) is 19.6. The van der Waals surface area contributed by atoms with Crippen molar-refractivity contribution in [1.82, 2.24) is 0 Å². The van der Waals surface area contributed by atoms with Crippen LogP contribution in [0.2, 0.25) is 0 Å². The minimum atomic E-state index is -0.772. The van der Waals surface area contributed by atoms with Crippen molar-refractivity contribution in [2.24, 2.45) is 0 Å². The summed E-state index contributed by atoms with van der Waals surface area (Å²) < 4.78 is 16.9. The van der Waals surface area contributed by atoms with Gasteiger partial charge in [-0.25, -0.2) is 0 Å². The smallest absolute Gasteiger partial charge is 0.306 e. The zero-order valence-electron chi connectivity index (χ0n) is 43.8. The lowest BCUT2D eigenvalue weighted by atomic mass is 10.0. The van der Waals surface area contributed by atoms with Gasteiger partial charge >= 0.3 is 17.9 Å². The van der Waals surface area contributed by atoms with Crippen molar-refractivity contribution in [2.45, 2.75) is 322 Å². The van der Waals surface area contributed by atoms with E-state index in [0.29, 0.717) is 19.3 Å². The molecule has 0 bridgehead atoms. The molecule has 0 saturated heterocycles. The van der Waals surface area contributed by atoms with E-state index < -0.39 is 6.10 Å². The van der Waals surface area contributed by atoms with Gasteiger partial charge in [-0.05, 0) is 70.6 Å². The van der Waals surface area contributed by atoms with E-state index in [1.54, 1.807) is 0 Å². The topological polar surface area (TPSA) is 78.9 Å². The number of hydrogen-bond donors (Lipinski definition) is 0. The Morgan fingerprint density at radius 3 is 0.785 bits per heavy atom. The van der Waals surface area contributed by atoms with Crippen LogP contribution in [0.4, 0.5) is 0 Å². The molecule has 0 aliphatic rings. The predicted molar refractivity (Wildman–Crippen MR) is 279 cm³/mol. The average Bonchev–Trinajstić information content (AvgIpc) is 3.30. The van der Waals surface area contributed by atoms with Crippen LogP contribution < -0.4 is 0 Å². The molecule has 0 radical (unpaired) electrons. The molecule has 1 atom stereocenters. The van der Waals surface area contributed by atoms with Gasteiger partial charge in [0.1, 0.15) is 13.2 Å². The maximum Gasteiger partial charge on any atom is 0.306 e. The van der Waals surface area contributed by atoms with Crippen LogP contribution in [0.5, 0.6) is 0 Å². The van der Waals surface area contributed by atoms with Crippen LogP contribution in [-0.2, 0) is 28.6 Å². The van der Waals surface area contributed by atoms with Crippen molar-refractivity contribution >= 4 is 17.9 Å². The molecule has 0 amide bonds. The zero-order chi connectivity index (χ0) is 47.2. The Morgan fingerprint density at radius 1 is 0.292 bits per heavy atom. The van der Waals surface area contributed by atoms with Gasteiger partial charge in [0.05, 0.1) is 0 Å². The van der Waals surface area contributed by atoms with E-state index in [2.05, 4.69) is 45.1 Å². The Labute approximate surface area is 404 Å². The number of unbranched alkanes of at least 4 members (excludes halogenated alkanes) is 38. The molecule has 0 aromatic heterocycles. The molecule has 6 nitrogen and oxygen atoms in total. The van der Waals surface area contributed by atoms with Crippen LogP contribution in [0.15, 0.2) is 24.3 Å². The van der Waals surface area contributed by atoms with Crippen molar-refractivity contribution in [3.05, 3.63) is 24.3 Å². The van der Waals surface area contributed by atoms with Crippen LogP contribution in [0.1, 0.15) is 316 Å². The molecular formula is C59H110O6. The summed E-state index contributed by atoms with van der Waals surface area (Å²) in [5, 5.41) is 0. The summed E-state index contributed by atoms with van der Waals surface area (Å²) in [6.07, 6.45) is 63.1. The van der Waals surface area contributed by atoms with Crippen LogP contribution in [-0.4, -0.2) is 37.2 Å². The molecule has 6 heteroatoms. The van der Waals surface area contributed by atoms with Gasteiger partial charge in [-0.3, -0.25) is 14.4 Å². The Morgan fingerprint density at radius 2 is 0.508 bits per heavy atom. The molecule has 0 N–H and O–H groups in total. The highest BCUT2D eigenvalue weighted by Gasteiger charge is 2.19. The van der Waals surface area contributed by atoms with Gasteiger partial charge in [-0.1, -0.05) is 251 Å². The van der Waals surface area contributed by atoms with Crippen molar-refractivity contribution < 1.29 is 28.6 Å². The minimum Gasteiger partial charge on any atom is -0.462 e. The first-order valence-corrected chi connectivity index (χ1v) is 28.8. The first-order chi connectivity index (χ1) is 32.0. The normalized spacial score (nSPS) is 12.1. The van der Waals surface area contributed by atoms with Crippen LogP contribution in [0.25, 0.3) is 0 Å². The van der Waals surface area contributed by atoms with E-state index in [1.807, 2.05) is 0 Å². The standard InChI is InChI=1S/C59H110O6/c1-4-7-10-13-16-19-22-25-27-29-31-34-37-40-43-46-49-52-58(61)64-55-56(54-63-57(60)51-48-45-42-39-36-33-24-21-18-15-12-9-6-3)65-59(62)53-50-47-44-41-38-35-32-30-28-26-23-20-17-14-11-8-5-2/h21,24-25,27,56H,4-20,22-23,26,28-55H2,1-3H3/b24-21-,27-25-/t56-/m1/s1. The lowest BCUT2D eigenvalue weighted by Crippen LogP contribution is -2.30. The lowest BCUT2D eigenvalue weighted by Gasteiger charge is -2.18. The Kier molecular flexibility index (Phi) is 52.7. The first kappa shape index (κ1) is 62.9. The average molecular weight is 916 g/mol. The Bertz CT molecular complexity index is 1050. The number of allylic oxidation sites excluding steroid dienone is 4. The van der Waals surface area contributed by atoms with Gasteiger partial charge in [0.25, 0.3) is 0 Å². The SMILES string of the molecule is CCCCCC/C=C\CCCCCCCC(=O)OC[C@H](COC(=O)CCCCCCCCC/C=C\CCCCCCCC)OC(=O)CCCCCCCCCCCCCCCCCCC. The highest BCUT2D eigenvalue weighted by Crippen LogP contribution is 2.17. The molecule has 0 aromatic rings. The Hall–Kier alpha value is -2.11. The first-order valence-electron chi connectivity index (χ1n) is 28.8. The molecule has 0 unspecified atom stereocenters. The van der Waals surface area contributed by atoms with Crippen molar-refractivity contribution in [1.29, 1.82) is 0 Å². The quantitative estimate of drug-likeness (QED) is 0.0262. The fraction of sp³-hybridized carbons (Fsp3) is 0.881. The summed E-state index contributed by atoms with van der Waals surface area (Å²) >= 11 is 0. The fourth-order valence-corrected chi connectivity index (χ4v) is 8.55. The summed E-state index contributed by atoms with van der Waals surface area (Å²) in [7, 11) is 0. The monoisotopic (exact) mass is 915 g/mol. The predicted octanol–water partition coefficient (Wildman–Crippen LogP) is 19.1. The van der Waals surface area contributed by atoms with Crippen molar-refractivity contribution in [3.63, 3.8) is 0 Å². The number of carbonyl (C=O) groups is 3. The second-order valence-corrected chi connectivity index (χ2v) is 19.6. The molecule has 0 fully saturated rings. The zero-order valence-corrected chi connectivity index (χ0v) is 43.8. The molecule has 0 aliphatic heterocycles. The molecular weight excluding hydrogens is 805 g/mol. The molecule has 0 rings (SSSR count). The summed E-state index contributed by atoms with van der Waals surface area (Å²) in [6.45, 7) is 6.66. The largest absolute Gasteiger partial charge is 0.462 e. The van der Waals surface area contributed by atoms with E-state index in [-0.39, 0.29) is 31.1 Å². The van der Waals surface area contributed by atoms with Gasteiger partial charge < -0.3 is 14.2 Å². The van der Waals surface area contributed by atoms with E-state index in [0.717, 1.165) is 64.2 Å². The van der Waals surface area contributed by atoms with Gasteiger partial charge in [-0.15, -0.1) is 0 Å². The van der Waals surface area contributed by atoms with Crippen LogP contribution in [0, 0.1) is 0 Å². The molecule has 0 aliphatic carbocycles. The maximum atomic E-state index is 12.8. The maximum absolute atomic E-state index is 12.8. The number of ether oxygens (including phenoxy) is 3. The van der Waals surface area contributed by atoms with E-state index >= 15 is 0 Å². The fourth-order valence-electron chi connectivity index (χ4n) is 8.55. The molecule has 0 spiro atoms. The number of hydrogen-bond acceptors (Lipinski definition) is 6. The minimum absolute atomic E-state index is 0.0719. The molecule has 0 heterocycles. The summed E-state index contributed by atoms with van der Waals surface area (Å²) in [5.41, 5.74) is 0. The second kappa shape index (κ2) is 54.5. The highest BCUT2D eigenvalue weighted by molar-refractivity contribution is 5.71. The van der Waals surface area contributed by atoms with Crippen molar-refractivity contribution in [2.75, 3.05) is 13.2 Å². The molecule has 0 saturated carbocycles. The molecule has 0 aromatic carbocycles. The molecule has 382 valence electrons. The third-order valence-corrected chi connectivity index (χ3v) is 12.9. The Balaban J connectivity index is 4.33. The van der Waals surface area contributed by atoms with Crippen LogP contribution >= 0.6 is 0 Å². The van der Waals surface area contributed by atoms with E-state index in [9.17, 15) is 14.4 Å². The number of esters is 3. The summed E-state index contributed by atoms with van der Waals surface area (Å²) in [5.74, 6) is -0.865. The third-order valence-electron chi connectivity index (χ3n) is 12.9. The van der Waals surface area contributed by atoms with Crippen molar-refractivity contribution in [3.8, 4) is 0 Å². The highest BCUT2D eigenvalue weighted by atomic mass is 16.6.